The molecule has 0 saturated carbocycles. The van der Waals surface area contributed by atoms with Crippen LogP contribution in [-0.2, 0) is 4.79 Å². The Kier molecular flexibility index (Phi) is 6.83. The molecular formula is C19H18FO5-. The molecule has 0 aliphatic heterocycles. The van der Waals surface area contributed by atoms with Gasteiger partial charge in [-0.2, -0.15) is 0 Å². The molecule has 0 aromatic heterocycles. The van der Waals surface area contributed by atoms with Gasteiger partial charge in [0.1, 0.15) is 24.8 Å². The highest BCUT2D eigenvalue weighted by molar-refractivity contribution is 5.83. The van der Waals surface area contributed by atoms with Crippen molar-refractivity contribution in [3.05, 3.63) is 59.9 Å². The molecule has 0 saturated heterocycles. The molecule has 0 spiro atoms. The molecule has 0 aliphatic carbocycles. The first kappa shape index (κ1) is 18.3. The van der Waals surface area contributed by atoms with E-state index in [4.69, 9.17) is 14.2 Å². The molecule has 6 heteroatoms. The topological polar surface area (TPSA) is 67.8 Å². The molecule has 2 aromatic carbocycles. The van der Waals surface area contributed by atoms with E-state index in [-0.39, 0.29) is 19.0 Å². The van der Waals surface area contributed by atoms with E-state index in [0.29, 0.717) is 29.4 Å². The third-order valence-corrected chi connectivity index (χ3v) is 3.10. The normalized spacial score (nSPS) is 10.6. The summed E-state index contributed by atoms with van der Waals surface area (Å²) < 4.78 is 29.4. The van der Waals surface area contributed by atoms with Crippen molar-refractivity contribution in [3.8, 4) is 17.2 Å². The van der Waals surface area contributed by atoms with Gasteiger partial charge in [-0.3, -0.25) is 0 Å². The molecular weight excluding hydrogens is 327 g/mol. The van der Waals surface area contributed by atoms with E-state index in [9.17, 15) is 14.3 Å². The fourth-order valence-corrected chi connectivity index (χ4v) is 2.02. The van der Waals surface area contributed by atoms with Crippen molar-refractivity contribution in [1.29, 1.82) is 0 Å². The predicted octanol–water partition coefficient (Wildman–Crippen LogP) is 2.45. The Labute approximate surface area is 145 Å². The lowest BCUT2D eigenvalue weighted by Crippen LogP contribution is -2.18. The summed E-state index contributed by atoms with van der Waals surface area (Å²) in [4.78, 5) is 10.5. The van der Waals surface area contributed by atoms with Crippen molar-refractivity contribution in [2.24, 2.45) is 0 Å². The zero-order chi connectivity index (χ0) is 18.1. The number of carbonyl (C=O) groups is 1. The maximum atomic E-state index is 12.8. The molecule has 2 aromatic rings. The summed E-state index contributed by atoms with van der Waals surface area (Å²) in [7, 11) is 0. The van der Waals surface area contributed by atoms with E-state index < -0.39 is 5.97 Å². The van der Waals surface area contributed by atoms with Crippen molar-refractivity contribution in [1.82, 2.24) is 0 Å². The molecule has 0 amide bonds. The zero-order valence-electron chi connectivity index (χ0n) is 13.7. The average molecular weight is 345 g/mol. The summed E-state index contributed by atoms with van der Waals surface area (Å²) in [5, 5.41) is 10.5. The van der Waals surface area contributed by atoms with Crippen molar-refractivity contribution in [3.63, 3.8) is 0 Å². The van der Waals surface area contributed by atoms with Crippen LogP contribution in [0, 0.1) is 5.82 Å². The first-order chi connectivity index (χ1) is 12.1. The second-order valence-corrected chi connectivity index (χ2v) is 4.94. The fraction of sp³-hybridized carbons (Fsp3) is 0.211. The number of carboxylic acids is 1. The molecule has 0 atom stereocenters. The highest BCUT2D eigenvalue weighted by Crippen LogP contribution is 2.29. The third-order valence-electron chi connectivity index (χ3n) is 3.10. The molecule has 25 heavy (non-hydrogen) atoms. The quantitative estimate of drug-likeness (QED) is 0.516. The molecule has 0 fully saturated rings. The van der Waals surface area contributed by atoms with Crippen LogP contribution in [0.5, 0.6) is 17.2 Å². The van der Waals surface area contributed by atoms with Gasteiger partial charge in [-0.15, -0.1) is 0 Å². The van der Waals surface area contributed by atoms with Crippen LogP contribution in [-0.4, -0.2) is 25.8 Å². The SMILES string of the molecule is CCOc1cc(/C=C\C(=O)[O-])ccc1OCCOc1ccc(F)cc1. The number of aliphatic carboxylic acids is 1. The van der Waals surface area contributed by atoms with E-state index in [0.717, 1.165) is 6.08 Å². The highest BCUT2D eigenvalue weighted by Gasteiger charge is 2.06. The molecule has 0 radical (unpaired) electrons. The maximum Gasteiger partial charge on any atom is 0.161 e. The fourth-order valence-electron chi connectivity index (χ4n) is 2.02. The summed E-state index contributed by atoms with van der Waals surface area (Å²) in [6, 6.07) is 10.8. The van der Waals surface area contributed by atoms with Crippen LogP contribution in [0.1, 0.15) is 12.5 Å². The van der Waals surface area contributed by atoms with Crippen LogP contribution in [0.2, 0.25) is 0 Å². The van der Waals surface area contributed by atoms with Gasteiger partial charge in [0.15, 0.2) is 11.5 Å². The summed E-state index contributed by atoms with van der Waals surface area (Å²) in [5.74, 6) is -0.00765. The van der Waals surface area contributed by atoms with E-state index in [1.54, 1.807) is 30.3 Å². The summed E-state index contributed by atoms with van der Waals surface area (Å²) in [5.41, 5.74) is 0.655. The van der Waals surface area contributed by atoms with Crippen molar-refractivity contribution in [2.45, 2.75) is 6.92 Å². The minimum absolute atomic E-state index is 0.270. The van der Waals surface area contributed by atoms with Crippen molar-refractivity contribution in [2.75, 3.05) is 19.8 Å². The van der Waals surface area contributed by atoms with Gasteiger partial charge in [-0.1, -0.05) is 12.1 Å². The number of hydrogen-bond acceptors (Lipinski definition) is 5. The summed E-state index contributed by atoms with van der Waals surface area (Å²) >= 11 is 0. The summed E-state index contributed by atoms with van der Waals surface area (Å²) in [6.45, 7) is 2.83. The number of carboxylic acid groups (broad SMARTS) is 1. The van der Waals surface area contributed by atoms with Crippen LogP contribution in [0.3, 0.4) is 0 Å². The van der Waals surface area contributed by atoms with Crippen LogP contribution in [0.4, 0.5) is 4.39 Å². The Bertz CT molecular complexity index is 725. The third kappa shape index (κ3) is 6.18. The van der Waals surface area contributed by atoms with E-state index in [1.807, 2.05) is 6.92 Å². The average Bonchev–Trinajstić information content (AvgIpc) is 2.60. The molecule has 0 N–H and O–H groups in total. The minimum atomic E-state index is -1.27. The van der Waals surface area contributed by atoms with Crippen molar-refractivity contribution >= 4 is 12.0 Å². The Morgan fingerprint density at radius 2 is 1.76 bits per heavy atom. The monoisotopic (exact) mass is 345 g/mol. The summed E-state index contributed by atoms with van der Waals surface area (Å²) in [6.07, 6.45) is 2.36. The van der Waals surface area contributed by atoms with Crippen LogP contribution >= 0.6 is 0 Å². The van der Waals surface area contributed by atoms with Gasteiger partial charge in [0, 0.05) is 0 Å². The number of benzene rings is 2. The first-order valence-electron chi connectivity index (χ1n) is 7.75. The Hall–Kier alpha value is -3.02. The lowest BCUT2D eigenvalue weighted by atomic mass is 10.2. The van der Waals surface area contributed by atoms with Gasteiger partial charge >= 0.3 is 0 Å². The first-order valence-corrected chi connectivity index (χ1v) is 7.75. The molecule has 5 nitrogen and oxygen atoms in total. The Morgan fingerprint density at radius 3 is 2.44 bits per heavy atom. The van der Waals surface area contributed by atoms with E-state index in [1.165, 1.54) is 18.2 Å². The molecule has 0 aliphatic rings. The second-order valence-electron chi connectivity index (χ2n) is 4.94. The van der Waals surface area contributed by atoms with E-state index >= 15 is 0 Å². The number of hydrogen-bond donors (Lipinski definition) is 0. The minimum Gasteiger partial charge on any atom is -0.545 e. The predicted molar refractivity (Wildman–Crippen MR) is 89.0 cm³/mol. The maximum absolute atomic E-state index is 12.8. The molecule has 0 heterocycles. The Morgan fingerprint density at radius 1 is 1.04 bits per heavy atom. The molecule has 132 valence electrons. The van der Waals surface area contributed by atoms with E-state index in [2.05, 4.69) is 0 Å². The smallest absolute Gasteiger partial charge is 0.161 e. The van der Waals surface area contributed by atoms with Crippen molar-refractivity contribution < 1.29 is 28.5 Å². The highest BCUT2D eigenvalue weighted by atomic mass is 19.1. The standard InChI is InChI=1S/C19H19FO5/c1-2-23-18-13-14(4-10-19(21)22)3-9-17(18)25-12-11-24-16-7-5-15(20)6-8-16/h3-10,13H,2,11-12H2,1H3,(H,21,22)/p-1/b10-4-. The number of halogens is 1. The van der Waals surface area contributed by atoms with Gasteiger partial charge < -0.3 is 24.1 Å². The van der Waals surface area contributed by atoms with Gasteiger partial charge in [0.05, 0.1) is 12.6 Å². The number of rotatable bonds is 9. The zero-order valence-corrected chi connectivity index (χ0v) is 13.7. The van der Waals surface area contributed by atoms with Gasteiger partial charge in [-0.25, -0.2) is 4.39 Å². The van der Waals surface area contributed by atoms with Crippen LogP contribution in [0.25, 0.3) is 6.08 Å². The molecule has 0 unspecified atom stereocenters. The van der Waals surface area contributed by atoms with Crippen LogP contribution in [0.15, 0.2) is 48.5 Å². The van der Waals surface area contributed by atoms with Gasteiger partial charge in [0.25, 0.3) is 0 Å². The Balaban J connectivity index is 1.93. The lowest BCUT2D eigenvalue weighted by Gasteiger charge is -2.13. The lowest BCUT2D eigenvalue weighted by molar-refractivity contribution is -0.297. The second kappa shape index (κ2) is 9.32. The molecule has 2 rings (SSSR count). The largest absolute Gasteiger partial charge is 0.545 e. The van der Waals surface area contributed by atoms with Gasteiger partial charge in [0.2, 0.25) is 0 Å². The number of ether oxygens (including phenoxy) is 3. The number of carbonyl (C=O) groups excluding carboxylic acids is 1. The molecule has 0 bridgehead atoms. The van der Waals surface area contributed by atoms with Gasteiger partial charge in [-0.05, 0) is 55.0 Å². The van der Waals surface area contributed by atoms with Crippen LogP contribution < -0.4 is 19.3 Å².